The zero-order chi connectivity index (χ0) is 42.1. The van der Waals surface area contributed by atoms with Gasteiger partial charge in [0.15, 0.2) is 0 Å². The lowest BCUT2D eigenvalue weighted by molar-refractivity contribution is -0.159. The molecule has 0 bridgehead atoms. The Hall–Kier alpha value is -5.72. The maximum atomic E-state index is 12.6. The number of carbonyl (C=O) groups excluding carboxylic acids is 2. The number of hydrogen-bond donors (Lipinski definition) is 4. The number of carboxylic acid groups (broad SMARTS) is 2. The summed E-state index contributed by atoms with van der Waals surface area (Å²) in [7, 11) is 3.43. The highest BCUT2D eigenvalue weighted by Crippen LogP contribution is 2.24. The molecule has 0 saturated carbocycles. The van der Waals surface area contributed by atoms with E-state index < -0.39 is 11.9 Å². The summed E-state index contributed by atoms with van der Waals surface area (Å²) < 4.78 is 11.0. The number of para-hydroxylation sites is 2. The van der Waals surface area contributed by atoms with Gasteiger partial charge in [-0.1, -0.05) is 87.4 Å². The molecule has 312 valence electrons. The molecule has 0 aliphatic heterocycles. The fourth-order valence-electron chi connectivity index (χ4n) is 6.38. The van der Waals surface area contributed by atoms with E-state index >= 15 is 0 Å². The molecule has 0 atom stereocenters. The minimum atomic E-state index is -1.82. The zero-order valence-electron chi connectivity index (χ0n) is 34.4. The minimum absolute atomic E-state index is 0.0428. The van der Waals surface area contributed by atoms with Crippen LogP contribution in [0, 0.1) is 0 Å². The van der Waals surface area contributed by atoms with Crippen molar-refractivity contribution in [2.24, 2.45) is 0 Å². The fourth-order valence-corrected chi connectivity index (χ4v) is 6.38. The third kappa shape index (κ3) is 17.2. The fraction of sp³-hybridized carbons (Fsp3) is 0.391. The molecule has 4 N–H and O–H groups in total. The number of methoxy groups -OCH3 is 2. The van der Waals surface area contributed by atoms with Gasteiger partial charge in [-0.2, -0.15) is 0 Å². The molecule has 0 spiro atoms. The van der Waals surface area contributed by atoms with E-state index in [4.69, 9.17) is 29.3 Å². The number of nitrogens with zero attached hydrogens (tertiary/aromatic N) is 2. The van der Waals surface area contributed by atoms with Crippen molar-refractivity contribution in [1.82, 2.24) is 9.80 Å². The third-order valence-electron chi connectivity index (χ3n) is 9.68. The maximum absolute atomic E-state index is 12.6. The molecule has 0 aliphatic carbocycles. The lowest BCUT2D eigenvalue weighted by Gasteiger charge is -2.21. The maximum Gasteiger partial charge on any atom is 0.414 e. The van der Waals surface area contributed by atoms with Gasteiger partial charge in [-0.25, -0.2) is 9.59 Å². The first-order valence-corrected chi connectivity index (χ1v) is 20.0. The van der Waals surface area contributed by atoms with Gasteiger partial charge in [-0.05, 0) is 99.4 Å². The predicted octanol–water partition coefficient (Wildman–Crippen LogP) is 8.57. The summed E-state index contributed by atoms with van der Waals surface area (Å²) in [5, 5.41) is 20.9. The van der Waals surface area contributed by atoms with E-state index in [0.29, 0.717) is 12.8 Å². The van der Waals surface area contributed by atoms with Crippen LogP contribution in [0.1, 0.15) is 76.3 Å². The van der Waals surface area contributed by atoms with Crippen LogP contribution in [-0.4, -0.2) is 84.2 Å². The molecule has 58 heavy (non-hydrogen) atoms. The number of carboxylic acids is 2. The number of nitrogens with one attached hydrogen (secondary N) is 2. The van der Waals surface area contributed by atoms with E-state index in [0.717, 1.165) is 112 Å². The first kappa shape index (κ1) is 46.7. The van der Waals surface area contributed by atoms with Crippen LogP contribution in [0.4, 0.5) is 11.4 Å². The molecule has 0 aromatic heterocycles. The van der Waals surface area contributed by atoms with Crippen molar-refractivity contribution in [3.63, 3.8) is 0 Å². The lowest BCUT2D eigenvalue weighted by atomic mass is 10.0. The summed E-state index contributed by atoms with van der Waals surface area (Å²) in [4.78, 5) is 48.2. The summed E-state index contributed by atoms with van der Waals surface area (Å²) >= 11 is 0. The van der Waals surface area contributed by atoms with E-state index in [1.807, 2.05) is 72.8 Å². The quantitative estimate of drug-likeness (QED) is 0.0424. The largest absolute Gasteiger partial charge is 0.496 e. The second-order valence-corrected chi connectivity index (χ2v) is 13.8. The lowest BCUT2D eigenvalue weighted by Crippen LogP contribution is -2.24. The molecule has 4 aromatic carbocycles. The molecular weight excluding hydrogens is 737 g/mol. The van der Waals surface area contributed by atoms with Crippen molar-refractivity contribution in [2.75, 3.05) is 51.0 Å². The second kappa shape index (κ2) is 26.2. The van der Waals surface area contributed by atoms with Crippen LogP contribution in [0.15, 0.2) is 97.1 Å². The predicted molar refractivity (Wildman–Crippen MR) is 229 cm³/mol. The van der Waals surface area contributed by atoms with Gasteiger partial charge in [-0.15, -0.1) is 0 Å². The van der Waals surface area contributed by atoms with Gasteiger partial charge in [0.05, 0.1) is 14.2 Å². The third-order valence-corrected chi connectivity index (χ3v) is 9.68. The zero-order valence-corrected chi connectivity index (χ0v) is 34.4. The van der Waals surface area contributed by atoms with Crippen LogP contribution in [0.5, 0.6) is 11.5 Å². The van der Waals surface area contributed by atoms with Gasteiger partial charge in [0.1, 0.15) is 11.5 Å². The average molecular weight is 797 g/mol. The molecule has 4 rings (SSSR count). The van der Waals surface area contributed by atoms with Gasteiger partial charge in [0, 0.05) is 48.4 Å². The Kier molecular flexibility index (Phi) is 21.1. The molecule has 12 nitrogen and oxygen atoms in total. The summed E-state index contributed by atoms with van der Waals surface area (Å²) in [6.07, 6.45) is 6.87. The highest BCUT2D eigenvalue weighted by Gasteiger charge is 2.11. The summed E-state index contributed by atoms with van der Waals surface area (Å²) in [6.45, 7) is 10.0. The molecule has 0 saturated heterocycles. The molecule has 0 radical (unpaired) electrons. The molecule has 0 aliphatic rings. The number of benzene rings is 4. The van der Waals surface area contributed by atoms with Crippen molar-refractivity contribution < 1.29 is 38.9 Å². The Morgan fingerprint density at radius 1 is 0.517 bits per heavy atom. The van der Waals surface area contributed by atoms with Gasteiger partial charge >= 0.3 is 11.9 Å². The molecule has 0 heterocycles. The first-order valence-electron chi connectivity index (χ1n) is 20.0. The first-order chi connectivity index (χ1) is 28.1. The summed E-state index contributed by atoms with van der Waals surface area (Å²) in [6, 6.07) is 32.2. The van der Waals surface area contributed by atoms with Gasteiger partial charge in [0.25, 0.3) is 0 Å². The van der Waals surface area contributed by atoms with Crippen LogP contribution in [0.25, 0.3) is 11.1 Å². The normalized spacial score (nSPS) is 10.7. The highest BCUT2D eigenvalue weighted by atomic mass is 16.5. The smallest absolute Gasteiger partial charge is 0.414 e. The number of amides is 2. The van der Waals surface area contributed by atoms with Crippen LogP contribution >= 0.6 is 0 Å². The Labute approximate surface area is 343 Å². The molecule has 2 amide bonds. The summed E-state index contributed by atoms with van der Waals surface area (Å²) in [5.41, 5.74) is 6.10. The number of rotatable bonds is 23. The number of anilines is 2. The minimum Gasteiger partial charge on any atom is -0.496 e. The van der Waals surface area contributed by atoms with Gasteiger partial charge in [-0.3, -0.25) is 19.4 Å². The van der Waals surface area contributed by atoms with E-state index in [9.17, 15) is 9.59 Å². The Bertz CT molecular complexity index is 1710. The SMILES string of the molecule is CCN(CCCCCC(=O)Nc1ccc(-c2ccc(NC(=O)CCCCCN(CC)Cc3ccccc3OC)cc2)cc1)Cc1ccccc1OC.O=C(O)C(=O)O. The number of hydrogen-bond acceptors (Lipinski definition) is 8. The number of carbonyl (C=O) groups is 4. The van der Waals surface area contributed by atoms with Crippen molar-refractivity contribution in [2.45, 2.75) is 78.3 Å². The second-order valence-electron chi connectivity index (χ2n) is 13.8. The van der Waals surface area contributed by atoms with Crippen LogP contribution in [0.3, 0.4) is 0 Å². The van der Waals surface area contributed by atoms with E-state index in [1.54, 1.807) is 14.2 Å². The van der Waals surface area contributed by atoms with E-state index in [2.05, 4.69) is 58.5 Å². The number of ether oxygens (including phenoxy) is 2. The summed E-state index contributed by atoms with van der Waals surface area (Å²) in [5.74, 6) is -1.70. The van der Waals surface area contributed by atoms with Crippen molar-refractivity contribution in [3.05, 3.63) is 108 Å². The Morgan fingerprint density at radius 2 is 0.879 bits per heavy atom. The molecule has 0 fully saturated rings. The standard InChI is InChI=1S/C44H58N4O4.C2H2O4/c1-5-47(33-37-17-11-13-19-41(37)51-3)31-15-7-9-21-43(49)45-39-27-23-35(24-28-39)36-25-29-40(30-26-36)46-44(50)22-10-8-16-32-48(6-2)34-38-18-12-14-20-42(38)52-4;3-1(4)2(5)6/h11-14,17-20,23-30H,5-10,15-16,21-22,31-34H2,1-4H3,(H,45,49)(H,46,50);(H,3,4)(H,5,6). The molecular formula is C46H60N4O8. The van der Waals surface area contributed by atoms with Crippen molar-refractivity contribution in [1.29, 1.82) is 0 Å². The monoisotopic (exact) mass is 796 g/mol. The Morgan fingerprint density at radius 3 is 1.21 bits per heavy atom. The molecule has 12 heteroatoms. The molecule has 4 aromatic rings. The number of unbranched alkanes of at least 4 members (excludes halogenated alkanes) is 4. The van der Waals surface area contributed by atoms with Crippen LogP contribution < -0.4 is 20.1 Å². The Balaban J connectivity index is 0.00000139. The van der Waals surface area contributed by atoms with Gasteiger partial charge in [0.2, 0.25) is 11.8 Å². The van der Waals surface area contributed by atoms with Crippen molar-refractivity contribution in [3.8, 4) is 22.6 Å². The highest BCUT2D eigenvalue weighted by molar-refractivity contribution is 6.27. The van der Waals surface area contributed by atoms with E-state index in [-0.39, 0.29) is 11.8 Å². The number of aliphatic carboxylic acids is 2. The molecule has 0 unspecified atom stereocenters. The van der Waals surface area contributed by atoms with Crippen LogP contribution in [0.2, 0.25) is 0 Å². The topological polar surface area (TPSA) is 158 Å². The van der Waals surface area contributed by atoms with Gasteiger partial charge < -0.3 is 30.3 Å². The van der Waals surface area contributed by atoms with Crippen LogP contribution in [-0.2, 0) is 32.3 Å². The van der Waals surface area contributed by atoms with E-state index in [1.165, 1.54) is 11.1 Å². The average Bonchev–Trinajstić information content (AvgIpc) is 3.23. The van der Waals surface area contributed by atoms with Crippen molar-refractivity contribution >= 4 is 35.1 Å².